The summed E-state index contributed by atoms with van der Waals surface area (Å²) in [5.74, 6) is -0.152. The summed E-state index contributed by atoms with van der Waals surface area (Å²) in [7, 11) is 0. The molecule has 0 saturated heterocycles. The van der Waals surface area contributed by atoms with E-state index < -0.39 is 5.91 Å². The van der Waals surface area contributed by atoms with Gasteiger partial charge in [0, 0.05) is 29.8 Å². The minimum atomic E-state index is -0.464. The number of amides is 2. The Balaban J connectivity index is 1.40. The molecule has 2 aromatic heterocycles. The van der Waals surface area contributed by atoms with Crippen molar-refractivity contribution in [2.45, 2.75) is 32.2 Å². The van der Waals surface area contributed by atoms with Crippen molar-refractivity contribution in [3.05, 3.63) is 83.4 Å². The first kappa shape index (κ1) is 21.4. The zero-order chi connectivity index (χ0) is 23.7. The van der Waals surface area contributed by atoms with E-state index in [0.717, 1.165) is 29.7 Å². The molecule has 34 heavy (non-hydrogen) atoms. The van der Waals surface area contributed by atoms with Gasteiger partial charge in [-0.15, -0.1) is 0 Å². The molecule has 2 aromatic carbocycles. The van der Waals surface area contributed by atoms with E-state index >= 15 is 0 Å². The number of carbonyl (C=O) groups excluding carboxylic acids is 2. The average molecular weight is 457 g/mol. The molecule has 4 aromatic rings. The summed E-state index contributed by atoms with van der Waals surface area (Å²) in [5.41, 5.74) is 4.22. The second-order valence-corrected chi connectivity index (χ2v) is 8.29. The Morgan fingerprint density at radius 3 is 2.71 bits per heavy atom. The van der Waals surface area contributed by atoms with Crippen LogP contribution in [0.4, 0.5) is 10.5 Å². The van der Waals surface area contributed by atoms with Gasteiger partial charge in [0.25, 0.3) is 5.91 Å². The molecule has 0 atom stereocenters. The molecular formula is C25H23N5O4. The molecule has 1 aliphatic rings. The molecule has 1 saturated carbocycles. The Morgan fingerprint density at radius 1 is 1.15 bits per heavy atom. The molecule has 1 aliphatic carbocycles. The fourth-order valence-electron chi connectivity index (χ4n) is 3.76. The van der Waals surface area contributed by atoms with Crippen molar-refractivity contribution in [3.63, 3.8) is 0 Å². The molecule has 2 amide bonds. The average Bonchev–Trinajstić information content (AvgIpc) is 3.34. The lowest BCUT2D eigenvalue weighted by Crippen LogP contribution is -2.30. The highest BCUT2D eigenvalue weighted by molar-refractivity contribution is 6.02. The minimum Gasteiger partial charge on any atom is -0.507 e. The monoisotopic (exact) mass is 457 g/mol. The van der Waals surface area contributed by atoms with Gasteiger partial charge in [0.2, 0.25) is 5.76 Å². The van der Waals surface area contributed by atoms with Crippen molar-refractivity contribution in [1.29, 1.82) is 0 Å². The largest absolute Gasteiger partial charge is 0.507 e. The number of phenolic OH excluding ortho intramolecular Hbond substituents is 1. The van der Waals surface area contributed by atoms with Gasteiger partial charge in [0.05, 0.1) is 17.6 Å². The van der Waals surface area contributed by atoms with Gasteiger partial charge in [-0.25, -0.2) is 4.79 Å². The van der Waals surface area contributed by atoms with Gasteiger partial charge in [-0.1, -0.05) is 29.4 Å². The first-order chi connectivity index (χ1) is 16.5. The Hall–Kier alpha value is -4.40. The lowest BCUT2D eigenvalue weighted by molar-refractivity contribution is 0.0988. The highest BCUT2D eigenvalue weighted by Gasteiger charge is 2.31. The summed E-state index contributed by atoms with van der Waals surface area (Å²) >= 11 is 0. The van der Waals surface area contributed by atoms with Crippen LogP contribution in [-0.4, -0.2) is 32.0 Å². The number of phenols is 1. The third kappa shape index (κ3) is 4.40. The number of aromatic nitrogens is 3. The van der Waals surface area contributed by atoms with Gasteiger partial charge in [-0.3, -0.25) is 4.79 Å². The van der Waals surface area contributed by atoms with Crippen molar-refractivity contribution in [3.8, 4) is 17.0 Å². The zero-order valence-electron chi connectivity index (χ0n) is 18.5. The van der Waals surface area contributed by atoms with Gasteiger partial charge in [0.1, 0.15) is 5.75 Å². The minimum absolute atomic E-state index is 0.00928. The lowest BCUT2D eigenvalue weighted by atomic mass is 10.1. The third-order valence-electron chi connectivity index (χ3n) is 5.81. The third-order valence-corrected chi connectivity index (χ3v) is 5.81. The fraction of sp³-hybridized carbons (Fsp3) is 0.200. The maximum atomic E-state index is 13.0. The number of hydrogen-bond donors (Lipinski definition) is 3. The van der Waals surface area contributed by atoms with Crippen LogP contribution >= 0.6 is 0 Å². The fourth-order valence-corrected chi connectivity index (χ4v) is 3.76. The molecule has 172 valence electrons. The van der Waals surface area contributed by atoms with E-state index in [0.29, 0.717) is 23.5 Å². The number of aromatic hydroxyl groups is 1. The van der Waals surface area contributed by atoms with E-state index in [1.165, 1.54) is 23.0 Å². The highest BCUT2D eigenvalue weighted by atomic mass is 16.5. The van der Waals surface area contributed by atoms with Crippen LogP contribution in [0.15, 0.2) is 65.3 Å². The molecule has 2 heterocycles. The number of benzene rings is 2. The lowest BCUT2D eigenvalue weighted by Gasteiger charge is -2.09. The Morgan fingerprint density at radius 2 is 1.97 bits per heavy atom. The van der Waals surface area contributed by atoms with Crippen LogP contribution in [0.1, 0.15) is 46.1 Å². The van der Waals surface area contributed by atoms with Crippen LogP contribution in [0.3, 0.4) is 0 Å². The summed E-state index contributed by atoms with van der Waals surface area (Å²) in [4.78, 5) is 25.3. The van der Waals surface area contributed by atoms with E-state index in [2.05, 4.69) is 20.9 Å². The number of carbonyl (C=O) groups is 2. The van der Waals surface area contributed by atoms with E-state index in [1.807, 2.05) is 37.3 Å². The molecule has 0 unspecified atom stereocenters. The van der Waals surface area contributed by atoms with Crippen LogP contribution in [0.5, 0.6) is 5.75 Å². The van der Waals surface area contributed by atoms with E-state index in [1.54, 1.807) is 12.1 Å². The molecule has 1 fully saturated rings. The zero-order valence-corrected chi connectivity index (χ0v) is 18.5. The van der Waals surface area contributed by atoms with Crippen molar-refractivity contribution in [2.75, 3.05) is 5.32 Å². The van der Waals surface area contributed by atoms with E-state index in [9.17, 15) is 14.7 Å². The molecule has 0 spiro atoms. The molecule has 9 heteroatoms. The predicted molar refractivity (Wildman–Crippen MR) is 125 cm³/mol. The molecule has 3 N–H and O–H groups in total. The van der Waals surface area contributed by atoms with E-state index in [-0.39, 0.29) is 23.5 Å². The summed E-state index contributed by atoms with van der Waals surface area (Å²) in [6, 6.07) is 15.5. The molecule has 9 nitrogen and oxygen atoms in total. The first-order valence-corrected chi connectivity index (χ1v) is 11.0. The van der Waals surface area contributed by atoms with E-state index in [4.69, 9.17) is 4.52 Å². The van der Waals surface area contributed by atoms with Crippen LogP contribution in [0.2, 0.25) is 0 Å². The Labute approximate surface area is 195 Å². The molecular weight excluding hydrogens is 434 g/mol. The van der Waals surface area contributed by atoms with Gasteiger partial charge < -0.3 is 20.3 Å². The number of rotatable bonds is 6. The Bertz CT molecular complexity index is 1360. The van der Waals surface area contributed by atoms with Crippen molar-refractivity contribution in [1.82, 2.24) is 20.3 Å². The predicted octanol–water partition coefficient (Wildman–Crippen LogP) is 4.44. The molecule has 0 bridgehead atoms. The summed E-state index contributed by atoms with van der Waals surface area (Å²) in [5, 5.41) is 24.2. The number of anilines is 1. The second kappa shape index (κ2) is 8.86. The maximum absolute atomic E-state index is 13.0. The normalized spacial score (nSPS) is 13.0. The number of aryl methyl sites for hydroxylation is 1. The van der Waals surface area contributed by atoms with Gasteiger partial charge >= 0.3 is 6.03 Å². The Kier molecular flexibility index (Phi) is 5.59. The SMILES string of the molecule is Cc1ccccc1CNC(=O)n1nc(-c2cc(NC(=O)c3ccno3)ccc2O)cc1C1CC1. The number of nitrogens with one attached hydrogen (secondary N) is 2. The molecule has 5 rings (SSSR count). The van der Waals surface area contributed by atoms with Crippen molar-refractivity contribution >= 4 is 17.6 Å². The molecule has 0 aliphatic heterocycles. The molecule has 0 radical (unpaired) electrons. The summed E-state index contributed by atoms with van der Waals surface area (Å²) in [6.07, 6.45) is 3.35. The van der Waals surface area contributed by atoms with Crippen LogP contribution in [0, 0.1) is 6.92 Å². The van der Waals surface area contributed by atoms with Gasteiger partial charge in [-0.2, -0.15) is 9.78 Å². The number of nitrogens with zero attached hydrogens (tertiary/aromatic N) is 3. The first-order valence-electron chi connectivity index (χ1n) is 11.0. The summed E-state index contributed by atoms with van der Waals surface area (Å²) in [6.45, 7) is 2.39. The summed E-state index contributed by atoms with van der Waals surface area (Å²) < 4.78 is 6.25. The number of hydrogen-bond acceptors (Lipinski definition) is 6. The topological polar surface area (TPSA) is 122 Å². The van der Waals surface area contributed by atoms with Crippen molar-refractivity contribution in [2.24, 2.45) is 0 Å². The van der Waals surface area contributed by atoms with Gasteiger partial charge in [0.15, 0.2) is 0 Å². The quantitative estimate of drug-likeness (QED) is 0.368. The maximum Gasteiger partial charge on any atom is 0.342 e. The standard InChI is InChI=1S/C25H23N5O4/c1-15-4-2-3-5-17(15)14-26-25(33)30-21(16-6-7-16)13-20(29-30)19-12-18(8-9-22(19)31)28-24(32)23-10-11-27-34-23/h2-5,8-13,16,31H,6-7,14H2,1H3,(H,26,33)(H,28,32). The van der Waals surface area contributed by atoms with Crippen molar-refractivity contribution < 1.29 is 19.2 Å². The second-order valence-electron chi connectivity index (χ2n) is 8.29. The van der Waals surface area contributed by atoms with Gasteiger partial charge in [-0.05, 0) is 55.2 Å². The van der Waals surface area contributed by atoms with Crippen LogP contribution in [-0.2, 0) is 6.54 Å². The van der Waals surface area contributed by atoms with Crippen LogP contribution < -0.4 is 10.6 Å². The highest BCUT2D eigenvalue weighted by Crippen LogP contribution is 2.42. The van der Waals surface area contributed by atoms with Crippen LogP contribution in [0.25, 0.3) is 11.3 Å². The smallest absolute Gasteiger partial charge is 0.342 e.